The van der Waals surface area contributed by atoms with Crippen LogP contribution in [0.3, 0.4) is 0 Å². The molecule has 13 heavy (non-hydrogen) atoms. The third-order valence-electron chi connectivity index (χ3n) is 1.78. The van der Waals surface area contributed by atoms with Crippen LogP contribution in [0.25, 0.3) is 0 Å². The molecule has 1 N–H and O–H groups in total. The van der Waals surface area contributed by atoms with Crippen molar-refractivity contribution >= 4 is 30.9 Å². The minimum Gasteiger partial charge on any atom is -0.357 e. The van der Waals surface area contributed by atoms with Gasteiger partial charge in [0.2, 0.25) is 18.2 Å². The van der Waals surface area contributed by atoms with Gasteiger partial charge in [-0.05, 0) is 0 Å². The van der Waals surface area contributed by atoms with Crippen LogP contribution in [0.4, 0.5) is 0 Å². The van der Waals surface area contributed by atoms with Gasteiger partial charge in [-0.25, -0.2) is 0 Å². The molecule has 0 aromatic heterocycles. The molecule has 5 nitrogen and oxygen atoms in total. The van der Waals surface area contributed by atoms with Gasteiger partial charge in [-0.3, -0.25) is 19.3 Å². The number of hydrogen-bond acceptors (Lipinski definition) is 4. The number of carbonyl (C=O) groups excluding carboxylic acids is 3. The molecule has 0 aromatic rings. The summed E-state index contributed by atoms with van der Waals surface area (Å²) >= 11 is 3.95. The molecule has 3 amide bonds. The summed E-state index contributed by atoms with van der Waals surface area (Å²) in [6.07, 6.45) is 0.687. The van der Waals surface area contributed by atoms with Crippen molar-refractivity contribution < 1.29 is 14.4 Å². The smallest absolute Gasteiger partial charge is 0.242 e. The Morgan fingerprint density at radius 2 is 2.31 bits per heavy atom. The lowest BCUT2D eigenvalue weighted by Gasteiger charge is -2.12. The molecular weight excluding hydrogens is 192 g/mol. The van der Waals surface area contributed by atoms with Crippen molar-refractivity contribution in [2.24, 2.45) is 0 Å². The highest BCUT2D eigenvalue weighted by Crippen LogP contribution is 2.16. The summed E-state index contributed by atoms with van der Waals surface area (Å²) in [4.78, 5) is 33.4. The summed E-state index contributed by atoms with van der Waals surface area (Å²) in [5.41, 5.74) is 0. The Hall–Kier alpha value is -1.04. The summed E-state index contributed by atoms with van der Waals surface area (Å²) in [7, 11) is 0. The highest BCUT2D eigenvalue weighted by atomic mass is 32.1. The number of rotatable bonds is 4. The van der Waals surface area contributed by atoms with Gasteiger partial charge in [0.1, 0.15) is 0 Å². The Morgan fingerprint density at radius 3 is 2.77 bits per heavy atom. The Labute approximate surface area is 80.9 Å². The van der Waals surface area contributed by atoms with Crippen LogP contribution in [-0.2, 0) is 14.4 Å². The summed E-state index contributed by atoms with van der Waals surface area (Å²) in [6.45, 7) is 0.523. The molecule has 1 unspecified atom stereocenters. The Kier molecular flexibility index (Phi) is 3.30. The lowest BCUT2D eigenvalue weighted by molar-refractivity contribution is -0.138. The number of carbonyl (C=O) groups is 3. The van der Waals surface area contributed by atoms with Crippen LogP contribution in [0.15, 0.2) is 0 Å². The molecule has 6 heteroatoms. The second-order valence-electron chi connectivity index (χ2n) is 2.68. The molecule has 0 aliphatic carbocycles. The standard InChI is InChI=1S/C7H10N2O3S/c10-4-8-1-2-9-6(11)3-5(13)7(9)12/h4-5,13H,1-3H2,(H,8,10). The molecule has 0 bridgehead atoms. The topological polar surface area (TPSA) is 66.5 Å². The normalized spacial score (nSPS) is 22.2. The molecule has 1 rings (SSSR count). The summed E-state index contributed by atoms with van der Waals surface area (Å²) in [5.74, 6) is -0.501. The number of likely N-dealkylation sites (tertiary alicyclic amines) is 1. The quantitative estimate of drug-likeness (QED) is 0.260. The number of amides is 3. The first-order valence-electron chi connectivity index (χ1n) is 3.86. The molecule has 0 spiro atoms. The van der Waals surface area contributed by atoms with Crippen molar-refractivity contribution in [2.45, 2.75) is 11.7 Å². The molecule has 0 saturated carbocycles. The zero-order valence-corrected chi connectivity index (χ0v) is 7.79. The number of nitrogens with zero attached hydrogens (tertiary/aromatic N) is 1. The van der Waals surface area contributed by atoms with Crippen molar-refractivity contribution in [3.8, 4) is 0 Å². The maximum Gasteiger partial charge on any atom is 0.242 e. The van der Waals surface area contributed by atoms with Gasteiger partial charge in [0.05, 0.1) is 5.25 Å². The van der Waals surface area contributed by atoms with Gasteiger partial charge in [0, 0.05) is 19.5 Å². The second kappa shape index (κ2) is 4.27. The van der Waals surface area contributed by atoms with Gasteiger partial charge < -0.3 is 5.32 Å². The van der Waals surface area contributed by atoms with Crippen molar-refractivity contribution in [1.29, 1.82) is 0 Å². The summed E-state index contributed by atoms with van der Waals surface area (Å²) < 4.78 is 0. The highest BCUT2D eigenvalue weighted by molar-refractivity contribution is 7.81. The molecule has 1 saturated heterocycles. The Bertz CT molecular complexity index is 244. The van der Waals surface area contributed by atoms with Crippen LogP contribution in [0, 0.1) is 0 Å². The van der Waals surface area contributed by atoms with E-state index in [1.54, 1.807) is 0 Å². The summed E-state index contributed by atoms with van der Waals surface area (Å²) in [5, 5.41) is 1.87. The van der Waals surface area contributed by atoms with Gasteiger partial charge in [-0.2, -0.15) is 12.6 Å². The molecule has 1 aliphatic heterocycles. The van der Waals surface area contributed by atoms with Crippen LogP contribution >= 0.6 is 12.6 Å². The third-order valence-corrected chi connectivity index (χ3v) is 2.19. The van der Waals surface area contributed by atoms with Gasteiger partial charge in [0.15, 0.2) is 0 Å². The Morgan fingerprint density at radius 1 is 1.62 bits per heavy atom. The minimum absolute atomic E-state index is 0.156. The average molecular weight is 202 g/mol. The van der Waals surface area contributed by atoms with Crippen molar-refractivity contribution in [2.75, 3.05) is 13.1 Å². The second-order valence-corrected chi connectivity index (χ2v) is 3.30. The van der Waals surface area contributed by atoms with Crippen LogP contribution in [0.5, 0.6) is 0 Å². The fourth-order valence-corrected chi connectivity index (χ4v) is 1.43. The predicted octanol–water partition coefficient (Wildman–Crippen LogP) is -1.21. The molecule has 0 aromatic carbocycles. The molecule has 72 valence electrons. The molecule has 1 heterocycles. The molecule has 1 aliphatic rings. The average Bonchev–Trinajstić information content (AvgIpc) is 2.32. The van der Waals surface area contributed by atoms with Crippen molar-refractivity contribution in [1.82, 2.24) is 10.2 Å². The largest absolute Gasteiger partial charge is 0.357 e. The number of thiol groups is 1. The fraction of sp³-hybridized carbons (Fsp3) is 0.571. The third kappa shape index (κ3) is 2.21. The Balaban J connectivity index is 2.44. The molecular formula is C7H10N2O3S. The van der Waals surface area contributed by atoms with E-state index in [4.69, 9.17) is 0 Å². The first-order valence-corrected chi connectivity index (χ1v) is 4.37. The molecule has 0 radical (unpaired) electrons. The first-order chi connectivity index (χ1) is 6.16. The van der Waals surface area contributed by atoms with Crippen LogP contribution < -0.4 is 5.32 Å². The highest BCUT2D eigenvalue weighted by Gasteiger charge is 2.35. The van der Waals surface area contributed by atoms with Crippen molar-refractivity contribution in [3.05, 3.63) is 0 Å². The van der Waals surface area contributed by atoms with E-state index in [1.165, 1.54) is 0 Å². The lowest BCUT2D eigenvalue weighted by atomic mass is 10.4. The number of hydrogen-bond donors (Lipinski definition) is 2. The van der Waals surface area contributed by atoms with Crippen LogP contribution in [0.2, 0.25) is 0 Å². The van der Waals surface area contributed by atoms with E-state index >= 15 is 0 Å². The lowest BCUT2D eigenvalue weighted by Crippen LogP contribution is -2.36. The van der Waals surface area contributed by atoms with Gasteiger partial charge in [0.25, 0.3) is 0 Å². The maximum absolute atomic E-state index is 11.2. The van der Waals surface area contributed by atoms with E-state index in [-0.39, 0.29) is 24.8 Å². The van der Waals surface area contributed by atoms with Crippen LogP contribution in [0.1, 0.15) is 6.42 Å². The van der Waals surface area contributed by atoms with E-state index < -0.39 is 5.25 Å². The van der Waals surface area contributed by atoms with E-state index in [1.807, 2.05) is 0 Å². The SMILES string of the molecule is O=CNCCN1C(=O)CC(S)C1=O. The van der Waals surface area contributed by atoms with Gasteiger partial charge in [-0.15, -0.1) is 0 Å². The van der Waals surface area contributed by atoms with Crippen molar-refractivity contribution in [3.63, 3.8) is 0 Å². The number of nitrogens with one attached hydrogen (secondary N) is 1. The van der Waals surface area contributed by atoms with Crippen LogP contribution in [-0.4, -0.2) is 41.5 Å². The maximum atomic E-state index is 11.2. The van der Waals surface area contributed by atoms with E-state index in [0.29, 0.717) is 13.0 Å². The molecule has 1 atom stereocenters. The minimum atomic E-state index is -0.510. The number of imide groups is 1. The zero-order valence-electron chi connectivity index (χ0n) is 6.90. The van der Waals surface area contributed by atoms with Gasteiger partial charge in [-0.1, -0.05) is 0 Å². The molecule has 1 fully saturated rings. The first kappa shape index (κ1) is 10.0. The summed E-state index contributed by atoms with van der Waals surface area (Å²) in [6, 6.07) is 0. The van der Waals surface area contributed by atoms with E-state index in [2.05, 4.69) is 17.9 Å². The monoisotopic (exact) mass is 202 g/mol. The zero-order chi connectivity index (χ0) is 9.84. The van der Waals surface area contributed by atoms with E-state index in [9.17, 15) is 14.4 Å². The predicted molar refractivity (Wildman–Crippen MR) is 48.2 cm³/mol. The fourth-order valence-electron chi connectivity index (χ4n) is 1.14. The van der Waals surface area contributed by atoms with E-state index in [0.717, 1.165) is 4.90 Å². The van der Waals surface area contributed by atoms with Gasteiger partial charge >= 0.3 is 0 Å².